The van der Waals surface area contributed by atoms with E-state index < -0.39 is 11.7 Å². The fourth-order valence-corrected chi connectivity index (χ4v) is 5.16. The number of carbonyl (C=O) groups is 1. The van der Waals surface area contributed by atoms with Gasteiger partial charge in [0.2, 0.25) is 0 Å². The lowest BCUT2D eigenvalue weighted by molar-refractivity contribution is 0.0526. The minimum absolute atomic E-state index is 0.403. The van der Waals surface area contributed by atoms with Gasteiger partial charge in [-0.15, -0.1) is 0 Å². The monoisotopic (exact) mass is 628 g/mol. The molecule has 0 bridgehead atoms. The molecule has 4 aromatic carbocycles. The molecule has 1 aromatic heterocycles. The number of amides is 1. The van der Waals surface area contributed by atoms with Gasteiger partial charge in [0.1, 0.15) is 5.60 Å². The largest absolute Gasteiger partial charge is 0.444 e. The second kappa shape index (κ2) is 11.9. The van der Waals surface area contributed by atoms with Crippen LogP contribution in [0.4, 0.5) is 27.5 Å². The minimum Gasteiger partial charge on any atom is -0.444 e. The van der Waals surface area contributed by atoms with Crippen LogP contribution in [0.2, 0.25) is 20.1 Å². The van der Waals surface area contributed by atoms with Crippen molar-refractivity contribution in [1.82, 2.24) is 9.88 Å². The number of benzene rings is 4. The van der Waals surface area contributed by atoms with Gasteiger partial charge in [-0.25, -0.2) is 4.79 Å². The van der Waals surface area contributed by atoms with Gasteiger partial charge in [0.15, 0.2) is 0 Å². The molecule has 0 aliphatic carbocycles. The van der Waals surface area contributed by atoms with Crippen LogP contribution in [0.1, 0.15) is 20.8 Å². The molecule has 0 fully saturated rings. The number of anilines is 4. The van der Waals surface area contributed by atoms with Gasteiger partial charge in [0.25, 0.3) is 0 Å². The summed E-state index contributed by atoms with van der Waals surface area (Å²) in [5.74, 6) is 0. The summed E-state index contributed by atoms with van der Waals surface area (Å²) in [6.45, 7) is 6.48. The molecular formula is C31H28Cl4N4O2. The first kappa shape index (κ1) is 29.2. The Morgan fingerprint density at radius 2 is 1.12 bits per heavy atom. The number of carbonyl (C=O) groups excluding carboxylic acids is 1. The molecule has 5 rings (SSSR count). The molecule has 10 heteroatoms. The predicted octanol–water partition coefficient (Wildman–Crippen LogP) is 10.4. The van der Waals surface area contributed by atoms with Crippen LogP contribution in [0.25, 0.3) is 21.8 Å². The first-order chi connectivity index (χ1) is 19.5. The molecule has 0 saturated heterocycles. The number of alkyl carbamates (subject to hydrolysis) is 1. The van der Waals surface area contributed by atoms with E-state index in [0.29, 0.717) is 33.2 Å². The van der Waals surface area contributed by atoms with Crippen molar-refractivity contribution in [3.63, 3.8) is 0 Å². The maximum atomic E-state index is 12.2. The molecule has 0 saturated carbocycles. The van der Waals surface area contributed by atoms with E-state index in [-0.39, 0.29) is 0 Å². The zero-order valence-corrected chi connectivity index (χ0v) is 25.6. The van der Waals surface area contributed by atoms with Gasteiger partial charge in [-0.2, -0.15) is 0 Å². The highest BCUT2D eigenvalue weighted by molar-refractivity contribution is 6.42. The van der Waals surface area contributed by atoms with E-state index in [0.717, 1.165) is 44.6 Å². The van der Waals surface area contributed by atoms with E-state index >= 15 is 0 Å². The third-order valence-electron chi connectivity index (χ3n) is 6.29. The third-order valence-corrected chi connectivity index (χ3v) is 7.76. The fraction of sp³-hybridized carbons (Fsp3) is 0.194. The van der Waals surface area contributed by atoms with Crippen LogP contribution in [0.15, 0.2) is 72.8 Å². The fourth-order valence-electron chi connectivity index (χ4n) is 4.57. The van der Waals surface area contributed by atoms with Gasteiger partial charge in [-0.1, -0.05) is 46.4 Å². The molecule has 3 N–H and O–H groups in total. The Balaban J connectivity index is 1.50. The number of nitrogens with one attached hydrogen (secondary N) is 3. The number of halogens is 4. The van der Waals surface area contributed by atoms with Crippen molar-refractivity contribution in [3.8, 4) is 0 Å². The number of nitrogens with zero attached hydrogens (tertiary/aromatic N) is 1. The van der Waals surface area contributed by atoms with Gasteiger partial charge >= 0.3 is 6.09 Å². The van der Waals surface area contributed by atoms with Gasteiger partial charge in [-0.3, -0.25) is 0 Å². The minimum atomic E-state index is -0.563. The lowest BCUT2D eigenvalue weighted by Gasteiger charge is -2.19. The van der Waals surface area contributed by atoms with E-state index in [1.165, 1.54) is 0 Å². The summed E-state index contributed by atoms with van der Waals surface area (Å²) in [5, 5.41) is 13.7. The summed E-state index contributed by atoms with van der Waals surface area (Å²) in [7, 11) is 0. The predicted molar refractivity (Wildman–Crippen MR) is 173 cm³/mol. The van der Waals surface area contributed by atoms with E-state index in [1.54, 1.807) is 24.3 Å². The highest BCUT2D eigenvalue weighted by atomic mass is 35.5. The van der Waals surface area contributed by atoms with Crippen LogP contribution < -0.4 is 16.0 Å². The Morgan fingerprint density at radius 3 is 1.56 bits per heavy atom. The Labute approximate surface area is 258 Å². The highest BCUT2D eigenvalue weighted by Crippen LogP contribution is 2.35. The maximum absolute atomic E-state index is 12.2. The quantitative estimate of drug-likeness (QED) is 0.167. The van der Waals surface area contributed by atoms with Crippen molar-refractivity contribution in [2.75, 3.05) is 17.2 Å². The van der Waals surface area contributed by atoms with Crippen LogP contribution >= 0.6 is 46.4 Å². The average molecular weight is 630 g/mol. The average Bonchev–Trinajstić information content (AvgIpc) is 3.20. The normalized spacial score (nSPS) is 11.6. The topological polar surface area (TPSA) is 67.3 Å². The Bertz CT molecular complexity index is 1650. The molecule has 212 valence electrons. The molecular weight excluding hydrogens is 602 g/mol. The Kier molecular flexibility index (Phi) is 8.48. The zero-order chi connectivity index (χ0) is 29.3. The van der Waals surface area contributed by atoms with Crippen LogP contribution in [-0.2, 0) is 11.3 Å². The van der Waals surface area contributed by atoms with Crippen LogP contribution in [0.3, 0.4) is 0 Å². The van der Waals surface area contributed by atoms with Crippen molar-refractivity contribution in [1.29, 1.82) is 0 Å². The molecule has 0 spiro atoms. The van der Waals surface area contributed by atoms with Crippen LogP contribution in [-0.4, -0.2) is 22.8 Å². The molecule has 0 unspecified atom stereocenters. The Morgan fingerprint density at radius 1 is 0.683 bits per heavy atom. The highest BCUT2D eigenvalue weighted by Gasteiger charge is 2.17. The molecule has 0 atom stereocenters. The summed E-state index contributed by atoms with van der Waals surface area (Å²) in [5.41, 5.74) is 4.92. The van der Waals surface area contributed by atoms with Gasteiger partial charge in [-0.05, 0) is 93.6 Å². The molecule has 5 aromatic rings. The molecule has 1 amide bonds. The first-order valence-electron chi connectivity index (χ1n) is 12.9. The van der Waals surface area contributed by atoms with Crippen LogP contribution in [0, 0.1) is 0 Å². The molecule has 41 heavy (non-hydrogen) atoms. The molecule has 1 heterocycles. The number of ether oxygens (including phenoxy) is 1. The number of fused-ring (bicyclic) bond motifs is 3. The number of rotatable bonds is 7. The van der Waals surface area contributed by atoms with Gasteiger partial charge in [0.05, 0.1) is 20.1 Å². The molecule has 0 aliphatic rings. The van der Waals surface area contributed by atoms with Crippen LogP contribution in [0.5, 0.6) is 0 Å². The van der Waals surface area contributed by atoms with Gasteiger partial charge < -0.3 is 25.3 Å². The van der Waals surface area contributed by atoms with Gasteiger partial charge in [0, 0.05) is 57.6 Å². The van der Waals surface area contributed by atoms with Crippen molar-refractivity contribution in [3.05, 3.63) is 92.9 Å². The molecule has 0 radical (unpaired) electrons. The lowest BCUT2D eigenvalue weighted by Crippen LogP contribution is -2.34. The summed E-state index contributed by atoms with van der Waals surface area (Å²) in [6, 6.07) is 23.2. The summed E-state index contributed by atoms with van der Waals surface area (Å²) in [4.78, 5) is 12.2. The summed E-state index contributed by atoms with van der Waals surface area (Å²) in [6.07, 6.45) is -0.445. The number of aromatic nitrogens is 1. The maximum Gasteiger partial charge on any atom is 0.407 e. The van der Waals surface area contributed by atoms with E-state index in [1.807, 2.05) is 45.0 Å². The summed E-state index contributed by atoms with van der Waals surface area (Å²) < 4.78 is 7.59. The third kappa shape index (κ3) is 6.96. The smallest absolute Gasteiger partial charge is 0.407 e. The number of hydrogen-bond acceptors (Lipinski definition) is 4. The van der Waals surface area contributed by atoms with Crippen molar-refractivity contribution >= 4 is 97.1 Å². The molecule has 6 nitrogen and oxygen atoms in total. The van der Waals surface area contributed by atoms with E-state index in [2.05, 4.69) is 44.8 Å². The SMILES string of the molecule is CC(C)(C)OC(=O)NCCn1c2ccc(Nc3ccc(Cl)c(Cl)c3)cc2c2cc(Nc3ccc(Cl)c(Cl)c3)ccc21. The summed E-state index contributed by atoms with van der Waals surface area (Å²) >= 11 is 24.6. The standard InChI is InChI=1S/C31H28Cl4N4O2/c1-31(2,3)41-30(40)36-12-13-39-28-10-6-18(37-20-4-8-24(32)26(34)16-20)14-22(28)23-15-19(7-11-29(23)39)38-21-5-9-25(33)27(35)17-21/h4-11,14-17,37-38H,12-13H2,1-3H3,(H,36,40). The second-order valence-corrected chi connectivity index (χ2v) is 12.2. The van der Waals surface area contributed by atoms with Crippen molar-refractivity contribution < 1.29 is 9.53 Å². The zero-order valence-electron chi connectivity index (χ0n) is 22.6. The Hall–Kier alpha value is -3.29. The van der Waals surface area contributed by atoms with E-state index in [9.17, 15) is 4.79 Å². The molecule has 0 aliphatic heterocycles. The van der Waals surface area contributed by atoms with Crippen molar-refractivity contribution in [2.24, 2.45) is 0 Å². The second-order valence-electron chi connectivity index (χ2n) is 10.6. The lowest BCUT2D eigenvalue weighted by atomic mass is 10.1. The van der Waals surface area contributed by atoms with Crippen molar-refractivity contribution in [2.45, 2.75) is 32.9 Å². The number of hydrogen-bond donors (Lipinski definition) is 3. The first-order valence-corrected chi connectivity index (χ1v) is 14.4. The van der Waals surface area contributed by atoms with E-state index in [4.69, 9.17) is 51.1 Å².